The first-order valence-corrected chi connectivity index (χ1v) is 5.32. The molecule has 0 amide bonds. The van der Waals surface area contributed by atoms with Crippen molar-refractivity contribution in [3.05, 3.63) is 24.3 Å². The van der Waals surface area contributed by atoms with Crippen molar-refractivity contribution in [3.63, 3.8) is 0 Å². The summed E-state index contributed by atoms with van der Waals surface area (Å²) in [4.78, 5) is 11.2. The average Bonchev–Trinajstić information content (AvgIpc) is 2.27. The number of ketones is 1. The number of hydrogen-bond donors (Lipinski definition) is 0. The van der Waals surface area contributed by atoms with E-state index >= 15 is 0 Å². The van der Waals surface area contributed by atoms with Crippen molar-refractivity contribution in [2.75, 3.05) is 13.2 Å². The van der Waals surface area contributed by atoms with Gasteiger partial charge in [-0.1, -0.05) is 18.2 Å². The normalized spacial score (nSPS) is 11.0. The highest BCUT2D eigenvalue weighted by atomic mass is 16.7. The molecule has 0 saturated heterocycles. The maximum absolute atomic E-state index is 11.2. The summed E-state index contributed by atoms with van der Waals surface area (Å²) in [6, 6.07) is 0. The highest BCUT2D eigenvalue weighted by molar-refractivity contribution is 6.04. The van der Waals surface area contributed by atoms with Gasteiger partial charge < -0.3 is 9.47 Å². The molecule has 0 bridgehead atoms. The predicted octanol–water partition coefficient (Wildman–Crippen LogP) is 2.09. The molecule has 0 N–H and O–H groups in total. The van der Waals surface area contributed by atoms with Crippen LogP contribution in [0, 0.1) is 11.8 Å². The number of hydrogen-bond acceptors (Lipinski definition) is 3. The highest BCUT2D eigenvalue weighted by Gasteiger charge is 2.01. The van der Waals surface area contributed by atoms with Gasteiger partial charge in [-0.25, -0.2) is 0 Å². The van der Waals surface area contributed by atoms with Crippen molar-refractivity contribution in [1.82, 2.24) is 0 Å². The molecule has 0 spiro atoms. The van der Waals surface area contributed by atoms with Crippen LogP contribution in [-0.4, -0.2) is 25.3 Å². The van der Waals surface area contributed by atoms with Crippen molar-refractivity contribution >= 4 is 5.78 Å². The molecule has 0 atom stereocenters. The van der Waals surface area contributed by atoms with Crippen LogP contribution in [0.25, 0.3) is 0 Å². The zero-order chi connectivity index (χ0) is 12.2. The minimum Gasteiger partial charge on any atom is -0.342 e. The van der Waals surface area contributed by atoms with Crippen LogP contribution < -0.4 is 0 Å². The standard InChI is InChI=1S/C13H18O3/c1-4-7-8-9-12(14)10-11-13(15-5-2)16-6-3/h4,7-9,13H,5-6H2,1-3H3/b7-4+,9-8+. The van der Waals surface area contributed by atoms with E-state index in [9.17, 15) is 4.79 Å². The van der Waals surface area contributed by atoms with Gasteiger partial charge in [0.2, 0.25) is 12.1 Å². The van der Waals surface area contributed by atoms with Gasteiger partial charge >= 0.3 is 0 Å². The molecule has 0 aliphatic heterocycles. The first-order valence-electron chi connectivity index (χ1n) is 5.32. The summed E-state index contributed by atoms with van der Waals surface area (Å²) in [5.41, 5.74) is 0. The molecule has 0 aliphatic rings. The summed E-state index contributed by atoms with van der Waals surface area (Å²) in [7, 11) is 0. The van der Waals surface area contributed by atoms with Gasteiger partial charge in [-0.3, -0.25) is 4.79 Å². The van der Waals surface area contributed by atoms with Gasteiger partial charge in [0.25, 0.3) is 0 Å². The fraction of sp³-hybridized carbons (Fsp3) is 0.462. The largest absolute Gasteiger partial charge is 0.342 e. The fourth-order valence-corrected chi connectivity index (χ4v) is 0.860. The van der Waals surface area contributed by atoms with Crippen LogP contribution in [0.1, 0.15) is 20.8 Å². The minimum atomic E-state index is -0.617. The molecule has 0 fully saturated rings. The first-order chi connectivity index (χ1) is 7.74. The van der Waals surface area contributed by atoms with Crippen molar-refractivity contribution < 1.29 is 14.3 Å². The molecule has 16 heavy (non-hydrogen) atoms. The van der Waals surface area contributed by atoms with E-state index in [4.69, 9.17) is 9.47 Å². The van der Waals surface area contributed by atoms with Crippen LogP contribution in [0.2, 0.25) is 0 Å². The third-order valence-electron chi connectivity index (χ3n) is 1.50. The minimum absolute atomic E-state index is 0.262. The first kappa shape index (κ1) is 14.6. The Kier molecular flexibility index (Phi) is 9.29. The van der Waals surface area contributed by atoms with E-state index in [1.54, 1.807) is 12.2 Å². The van der Waals surface area contributed by atoms with Crippen LogP contribution in [-0.2, 0) is 14.3 Å². The lowest BCUT2D eigenvalue weighted by molar-refractivity contribution is -0.110. The van der Waals surface area contributed by atoms with Crippen molar-refractivity contribution in [3.8, 4) is 11.8 Å². The van der Waals surface area contributed by atoms with Crippen LogP contribution in [0.15, 0.2) is 24.3 Å². The number of carbonyl (C=O) groups excluding carboxylic acids is 1. The number of allylic oxidation sites excluding steroid dienone is 4. The molecule has 0 aromatic rings. The zero-order valence-corrected chi connectivity index (χ0v) is 10.0. The van der Waals surface area contributed by atoms with Gasteiger partial charge in [0, 0.05) is 13.2 Å². The second-order valence-corrected chi connectivity index (χ2v) is 2.76. The van der Waals surface area contributed by atoms with Crippen LogP contribution in [0.5, 0.6) is 0 Å². The lowest BCUT2D eigenvalue weighted by atomic mass is 10.3. The van der Waals surface area contributed by atoms with Gasteiger partial charge in [0.15, 0.2) is 0 Å². The van der Waals surface area contributed by atoms with Crippen molar-refractivity contribution in [2.45, 2.75) is 27.1 Å². The van der Waals surface area contributed by atoms with E-state index in [1.807, 2.05) is 26.8 Å². The zero-order valence-electron chi connectivity index (χ0n) is 10.0. The van der Waals surface area contributed by atoms with E-state index in [0.717, 1.165) is 0 Å². The summed E-state index contributed by atoms with van der Waals surface area (Å²) in [6.45, 7) is 6.58. The van der Waals surface area contributed by atoms with E-state index < -0.39 is 6.29 Å². The second kappa shape index (κ2) is 10.2. The van der Waals surface area contributed by atoms with E-state index in [2.05, 4.69) is 11.8 Å². The lowest BCUT2D eigenvalue weighted by Crippen LogP contribution is -2.15. The maximum Gasteiger partial charge on any atom is 0.228 e. The Morgan fingerprint density at radius 1 is 1.25 bits per heavy atom. The summed E-state index contributed by atoms with van der Waals surface area (Å²) in [6.07, 6.45) is 6.03. The molecule has 0 heterocycles. The maximum atomic E-state index is 11.2. The topological polar surface area (TPSA) is 35.5 Å². The van der Waals surface area contributed by atoms with Gasteiger partial charge in [-0.15, -0.1) is 0 Å². The van der Waals surface area contributed by atoms with E-state index in [1.165, 1.54) is 6.08 Å². The van der Waals surface area contributed by atoms with Gasteiger partial charge in [0.05, 0.1) is 0 Å². The van der Waals surface area contributed by atoms with Gasteiger partial charge in [-0.2, -0.15) is 0 Å². The molecule has 3 nitrogen and oxygen atoms in total. The molecular weight excluding hydrogens is 204 g/mol. The van der Waals surface area contributed by atoms with Gasteiger partial charge in [-0.05, 0) is 38.7 Å². The molecular formula is C13H18O3. The Labute approximate surface area is 97.1 Å². The lowest BCUT2D eigenvalue weighted by Gasteiger charge is -2.09. The Morgan fingerprint density at radius 2 is 1.88 bits per heavy atom. The Bertz CT molecular complexity index is 299. The summed E-state index contributed by atoms with van der Waals surface area (Å²) in [5.74, 6) is 4.82. The summed E-state index contributed by atoms with van der Waals surface area (Å²) < 4.78 is 10.3. The molecule has 3 heteroatoms. The SMILES string of the molecule is C/C=C/C=C/C(=O)C#CC(OCC)OCC. The molecule has 0 saturated carbocycles. The number of ether oxygens (including phenoxy) is 2. The molecule has 0 rings (SSSR count). The monoisotopic (exact) mass is 222 g/mol. The third-order valence-corrected chi connectivity index (χ3v) is 1.50. The number of carbonyl (C=O) groups is 1. The summed E-state index contributed by atoms with van der Waals surface area (Å²) >= 11 is 0. The third kappa shape index (κ3) is 7.98. The van der Waals surface area contributed by atoms with Crippen LogP contribution >= 0.6 is 0 Å². The predicted molar refractivity (Wildman–Crippen MR) is 63.8 cm³/mol. The average molecular weight is 222 g/mol. The Hall–Kier alpha value is -1.37. The smallest absolute Gasteiger partial charge is 0.228 e. The van der Waals surface area contributed by atoms with Crippen molar-refractivity contribution in [1.29, 1.82) is 0 Å². The highest BCUT2D eigenvalue weighted by Crippen LogP contribution is 1.92. The fourth-order valence-electron chi connectivity index (χ4n) is 0.860. The number of rotatable bonds is 6. The van der Waals surface area contributed by atoms with Gasteiger partial charge in [0.1, 0.15) is 0 Å². The molecule has 0 aromatic carbocycles. The quantitative estimate of drug-likeness (QED) is 0.227. The van der Waals surface area contributed by atoms with E-state index in [0.29, 0.717) is 13.2 Å². The molecule has 0 unspecified atom stereocenters. The molecule has 0 aromatic heterocycles. The van der Waals surface area contributed by atoms with Crippen molar-refractivity contribution in [2.24, 2.45) is 0 Å². The van der Waals surface area contributed by atoms with Crippen LogP contribution in [0.3, 0.4) is 0 Å². The van der Waals surface area contributed by atoms with E-state index in [-0.39, 0.29) is 5.78 Å². The molecule has 88 valence electrons. The Balaban J connectivity index is 4.25. The van der Waals surface area contributed by atoms with Crippen LogP contribution in [0.4, 0.5) is 0 Å². The molecule has 0 aliphatic carbocycles. The second-order valence-electron chi connectivity index (χ2n) is 2.76. The Morgan fingerprint density at radius 3 is 2.38 bits per heavy atom. The summed E-state index contributed by atoms with van der Waals surface area (Å²) in [5, 5.41) is 0. The molecule has 0 radical (unpaired) electrons.